The largest absolute Gasteiger partial charge is 0.487 e. The summed E-state index contributed by atoms with van der Waals surface area (Å²) < 4.78 is 6.73. The van der Waals surface area contributed by atoms with Crippen molar-refractivity contribution in [1.29, 1.82) is 5.26 Å². The molecular weight excluding hydrogens is 360 g/mol. The third-order valence-corrected chi connectivity index (χ3v) is 4.43. The van der Waals surface area contributed by atoms with Gasteiger partial charge >= 0.3 is 0 Å². The number of halogens is 1. The molecule has 0 fully saturated rings. The van der Waals surface area contributed by atoms with Gasteiger partial charge in [0.1, 0.15) is 17.4 Å². The predicted octanol–water partition coefficient (Wildman–Crippen LogP) is 5.02. The SMILES string of the molecule is N#Cc1ccc(OCc2csc(-c3cccc(Br)c3)n2)cc1. The monoisotopic (exact) mass is 370 g/mol. The van der Waals surface area contributed by atoms with Gasteiger partial charge in [-0.05, 0) is 36.4 Å². The van der Waals surface area contributed by atoms with Gasteiger partial charge in [-0.25, -0.2) is 4.98 Å². The van der Waals surface area contributed by atoms with E-state index in [1.54, 1.807) is 35.6 Å². The first-order chi connectivity index (χ1) is 10.7. The maximum absolute atomic E-state index is 8.76. The van der Waals surface area contributed by atoms with Crippen LogP contribution in [-0.4, -0.2) is 4.98 Å². The average Bonchev–Trinajstić information content (AvgIpc) is 3.02. The maximum atomic E-state index is 8.76. The summed E-state index contributed by atoms with van der Waals surface area (Å²) in [5.74, 6) is 0.732. The summed E-state index contributed by atoms with van der Waals surface area (Å²) >= 11 is 5.07. The molecule has 0 N–H and O–H groups in total. The molecule has 3 nitrogen and oxygen atoms in total. The number of ether oxygens (including phenoxy) is 1. The third kappa shape index (κ3) is 3.53. The van der Waals surface area contributed by atoms with Gasteiger partial charge in [-0.1, -0.05) is 28.1 Å². The number of hydrogen-bond acceptors (Lipinski definition) is 4. The first-order valence-electron chi connectivity index (χ1n) is 6.58. The summed E-state index contributed by atoms with van der Waals surface area (Å²) in [4.78, 5) is 4.59. The molecule has 0 spiro atoms. The number of hydrogen-bond donors (Lipinski definition) is 0. The van der Waals surface area contributed by atoms with Crippen LogP contribution < -0.4 is 4.74 Å². The second-order valence-corrected chi connectivity index (χ2v) is 6.35. The minimum Gasteiger partial charge on any atom is -0.487 e. The van der Waals surface area contributed by atoms with E-state index in [1.165, 1.54) is 0 Å². The van der Waals surface area contributed by atoms with Crippen molar-refractivity contribution < 1.29 is 4.74 Å². The predicted molar refractivity (Wildman–Crippen MR) is 90.7 cm³/mol. The Morgan fingerprint density at radius 2 is 2.00 bits per heavy atom. The summed E-state index contributed by atoms with van der Waals surface area (Å²) in [7, 11) is 0. The van der Waals surface area contributed by atoms with Crippen molar-refractivity contribution in [2.45, 2.75) is 6.61 Å². The molecule has 1 aromatic heterocycles. The Morgan fingerprint density at radius 1 is 1.18 bits per heavy atom. The van der Waals surface area contributed by atoms with Gasteiger partial charge in [0.05, 0.1) is 17.3 Å². The van der Waals surface area contributed by atoms with Crippen LogP contribution in [0, 0.1) is 11.3 Å². The fourth-order valence-electron chi connectivity index (χ4n) is 1.91. The first-order valence-corrected chi connectivity index (χ1v) is 8.25. The zero-order valence-corrected chi connectivity index (χ0v) is 13.9. The molecule has 3 aromatic rings. The van der Waals surface area contributed by atoms with E-state index in [4.69, 9.17) is 10.00 Å². The van der Waals surface area contributed by atoms with E-state index in [0.29, 0.717) is 12.2 Å². The fourth-order valence-corrected chi connectivity index (χ4v) is 3.11. The van der Waals surface area contributed by atoms with Crippen LogP contribution in [0.25, 0.3) is 10.6 Å². The smallest absolute Gasteiger partial charge is 0.131 e. The molecule has 0 saturated heterocycles. The quantitative estimate of drug-likeness (QED) is 0.647. The molecule has 0 aliphatic heterocycles. The molecule has 0 aliphatic rings. The standard InChI is InChI=1S/C17H11BrN2OS/c18-14-3-1-2-13(8-14)17-20-15(11-22-17)10-21-16-6-4-12(9-19)5-7-16/h1-8,11H,10H2. The van der Waals surface area contributed by atoms with Gasteiger partial charge in [-0.2, -0.15) is 5.26 Å². The van der Waals surface area contributed by atoms with E-state index >= 15 is 0 Å². The molecule has 0 unspecified atom stereocenters. The van der Waals surface area contributed by atoms with Crippen LogP contribution in [0.1, 0.15) is 11.3 Å². The molecule has 1 heterocycles. The van der Waals surface area contributed by atoms with E-state index in [2.05, 4.69) is 27.0 Å². The van der Waals surface area contributed by atoms with Crippen molar-refractivity contribution in [3.63, 3.8) is 0 Å². The Bertz CT molecular complexity index is 821. The zero-order chi connectivity index (χ0) is 15.4. The van der Waals surface area contributed by atoms with Crippen LogP contribution in [0.15, 0.2) is 58.4 Å². The Balaban J connectivity index is 1.68. The lowest BCUT2D eigenvalue weighted by molar-refractivity contribution is 0.302. The maximum Gasteiger partial charge on any atom is 0.131 e. The Morgan fingerprint density at radius 3 is 2.73 bits per heavy atom. The number of thiazole rings is 1. The molecule has 108 valence electrons. The van der Waals surface area contributed by atoms with Crippen LogP contribution in [-0.2, 0) is 6.61 Å². The lowest BCUT2D eigenvalue weighted by atomic mass is 10.2. The number of rotatable bonds is 4. The lowest BCUT2D eigenvalue weighted by Gasteiger charge is -2.03. The Hall–Kier alpha value is -2.16. The third-order valence-electron chi connectivity index (χ3n) is 2.99. The summed E-state index contributed by atoms with van der Waals surface area (Å²) in [5, 5.41) is 11.7. The van der Waals surface area contributed by atoms with Crippen molar-refractivity contribution in [3.8, 4) is 22.4 Å². The molecular formula is C17H11BrN2OS. The van der Waals surface area contributed by atoms with Crippen LogP contribution in [0.3, 0.4) is 0 Å². The van der Waals surface area contributed by atoms with Crippen LogP contribution in [0.2, 0.25) is 0 Å². The Kier molecular flexibility index (Phi) is 4.52. The minimum absolute atomic E-state index is 0.413. The van der Waals surface area contributed by atoms with Crippen LogP contribution in [0.4, 0.5) is 0 Å². The number of nitriles is 1. The normalized spacial score (nSPS) is 10.2. The van der Waals surface area contributed by atoms with Gasteiger partial charge in [0.2, 0.25) is 0 Å². The zero-order valence-electron chi connectivity index (χ0n) is 11.5. The number of benzene rings is 2. The van der Waals surface area contributed by atoms with E-state index in [0.717, 1.165) is 26.5 Å². The van der Waals surface area contributed by atoms with Crippen LogP contribution in [0.5, 0.6) is 5.75 Å². The molecule has 2 aromatic carbocycles. The summed E-state index contributed by atoms with van der Waals surface area (Å²) in [5.41, 5.74) is 2.60. The molecule has 0 aliphatic carbocycles. The van der Waals surface area contributed by atoms with Gasteiger partial charge in [-0.3, -0.25) is 0 Å². The molecule has 22 heavy (non-hydrogen) atoms. The van der Waals surface area contributed by atoms with Gasteiger partial charge in [0, 0.05) is 15.4 Å². The number of nitrogens with zero attached hydrogens (tertiary/aromatic N) is 2. The van der Waals surface area contributed by atoms with Gasteiger partial charge in [0.15, 0.2) is 0 Å². The number of aromatic nitrogens is 1. The summed E-state index contributed by atoms with van der Waals surface area (Å²) in [6.07, 6.45) is 0. The van der Waals surface area contributed by atoms with E-state index in [9.17, 15) is 0 Å². The molecule has 0 saturated carbocycles. The van der Waals surface area contributed by atoms with Crippen molar-refractivity contribution in [2.75, 3.05) is 0 Å². The molecule has 0 radical (unpaired) electrons. The van der Waals surface area contributed by atoms with Crippen LogP contribution >= 0.6 is 27.3 Å². The first kappa shape index (κ1) is 14.8. The highest BCUT2D eigenvalue weighted by Crippen LogP contribution is 2.26. The summed E-state index contributed by atoms with van der Waals surface area (Å²) in [6, 6.07) is 17.2. The molecule has 0 amide bonds. The lowest BCUT2D eigenvalue weighted by Crippen LogP contribution is -1.95. The topological polar surface area (TPSA) is 45.9 Å². The highest BCUT2D eigenvalue weighted by atomic mass is 79.9. The van der Waals surface area contributed by atoms with Crippen molar-refractivity contribution in [1.82, 2.24) is 4.98 Å². The molecule has 0 atom stereocenters. The van der Waals surface area contributed by atoms with Crippen molar-refractivity contribution in [3.05, 3.63) is 69.6 Å². The molecule has 5 heteroatoms. The Labute approximate surface area is 141 Å². The summed E-state index contributed by atoms with van der Waals surface area (Å²) in [6.45, 7) is 0.413. The van der Waals surface area contributed by atoms with Gasteiger partial charge in [-0.15, -0.1) is 11.3 Å². The highest BCUT2D eigenvalue weighted by Gasteiger charge is 2.06. The van der Waals surface area contributed by atoms with Gasteiger partial charge < -0.3 is 4.74 Å². The van der Waals surface area contributed by atoms with E-state index in [1.807, 2.05) is 29.6 Å². The fraction of sp³-hybridized carbons (Fsp3) is 0.0588. The van der Waals surface area contributed by atoms with Crippen molar-refractivity contribution >= 4 is 27.3 Å². The van der Waals surface area contributed by atoms with Gasteiger partial charge in [0.25, 0.3) is 0 Å². The highest BCUT2D eigenvalue weighted by molar-refractivity contribution is 9.10. The van der Waals surface area contributed by atoms with Crippen molar-refractivity contribution in [2.24, 2.45) is 0 Å². The molecule has 3 rings (SSSR count). The average molecular weight is 371 g/mol. The minimum atomic E-state index is 0.413. The van der Waals surface area contributed by atoms with E-state index in [-0.39, 0.29) is 0 Å². The molecule has 0 bridgehead atoms. The second kappa shape index (κ2) is 6.73. The second-order valence-electron chi connectivity index (χ2n) is 4.58. The van der Waals surface area contributed by atoms with E-state index < -0.39 is 0 Å².